The minimum atomic E-state index is -0.996. The predicted molar refractivity (Wildman–Crippen MR) is 97.0 cm³/mol. The van der Waals surface area contributed by atoms with Crippen LogP contribution >= 0.6 is 11.3 Å². The van der Waals surface area contributed by atoms with Crippen LogP contribution in [0.15, 0.2) is 40.2 Å². The zero-order valence-electron chi connectivity index (χ0n) is 14.5. The number of aromatic nitrogens is 2. The maximum absolute atomic E-state index is 12.2. The molecule has 0 aliphatic heterocycles. The zero-order chi connectivity index (χ0) is 18.7. The maximum Gasteiger partial charge on any atom is 0.358 e. The molecule has 1 amide bonds. The van der Waals surface area contributed by atoms with Crippen LogP contribution in [0.1, 0.15) is 28.7 Å². The first-order valence-electron chi connectivity index (χ1n) is 7.90. The van der Waals surface area contributed by atoms with E-state index in [1.165, 1.54) is 18.3 Å². The Labute approximate surface area is 154 Å². The van der Waals surface area contributed by atoms with Gasteiger partial charge in [-0.15, -0.1) is 11.3 Å². The second-order valence-corrected chi connectivity index (χ2v) is 6.62. The number of rotatable bonds is 5. The highest BCUT2D eigenvalue weighted by atomic mass is 32.1. The third-order valence-corrected chi connectivity index (χ3v) is 4.44. The molecule has 0 fully saturated rings. The van der Waals surface area contributed by atoms with Gasteiger partial charge < -0.3 is 14.6 Å². The van der Waals surface area contributed by atoms with E-state index < -0.39 is 18.0 Å². The van der Waals surface area contributed by atoms with Crippen LogP contribution in [0.2, 0.25) is 0 Å². The van der Waals surface area contributed by atoms with Crippen LogP contribution in [-0.4, -0.2) is 28.1 Å². The molecule has 0 aliphatic carbocycles. The summed E-state index contributed by atoms with van der Waals surface area (Å²) in [5, 5.41) is 8.51. The molecule has 0 aliphatic rings. The van der Waals surface area contributed by atoms with Crippen molar-refractivity contribution < 1.29 is 18.8 Å². The van der Waals surface area contributed by atoms with Gasteiger partial charge in [0.2, 0.25) is 0 Å². The van der Waals surface area contributed by atoms with Crippen LogP contribution in [0.5, 0.6) is 0 Å². The number of hydrogen-bond acceptors (Lipinski definition) is 7. The van der Waals surface area contributed by atoms with Crippen molar-refractivity contribution >= 4 is 29.0 Å². The summed E-state index contributed by atoms with van der Waals surface area (Å²) in [6, 6.07) is 9.42. The fourth-order valence-corrected chi connectivity index (χ4v) is 2.92. The normalized spacial score (nSPS) is 11.8. The second kappa shape index (κ2) is 7.49. The summed E-state index contributed by atoms with van der Waals surface area (Å²) < 4.78 is 10.0. The summed E-state index contributed by atoms with van der Waals surface area (Å²) in [7, 11) is 0. The molecule has 0 bridgehead atoms. The fraction of sp³-hybridized carbons (Fsp3) is 0.222. The summed E-state index contributed by atoms with van der Waals surface area (Å²) in [5.74, 6) is -0.319. The van der Waals surface area contributed by atoms with Gasteiger partial charge in [0, 0.05) is 17.0 Å². The number of carbonyl (C=O) groups excluding carboxylic acids is 2. The summed E-state index contributed by atoms with van der Waals surface area (Å²) in [4.78, 5) is 28.6. The molecular weight excluding hydrogens is 354 g/mol. The third-order valence-electron chi connectivity index (χ3n) is 3.54. The van der Waals surface area contributed by atoms with Gasteiger partial charge in [-0.1, -0.05) is 35.0 Å². The van der Waals surface area contributed by atoms with Crippen LogP contribution in [0.25, 0.3) is 10.6 Å². The SMILES string of the molecule is Cc1ccc(-c2nc(C(=O)O[C@@H](C)C(=O)Nc3cc(C)on3)cs2)cc1. The summed E-state index contributed by atoms with van der Waals surface area (Å²) >= 11 is 1.34. The number of amides is 1. The Morgan fingerprint density at radius 1 is 1.23 bits per heavy atom. The van der Waals surface area contributed by atoms with Crippen LogP contribution < -0.4 is 5.32 Å². The van der Waals surface area contributed by atoms with Gasteiger partial charge in [0.15, 0.2) is 17.6 Å². The predicted octanol–water partition coefficient (Wildman–Crippen LogP) is 3.60. The van der Waals surface area contributed by atoms with E-state index in [4.69, 9.17) is 9.26 Å². The molecule has 7 nitrogen and oxygen atoms in total. The van der Waals surface area contributed by atoms with Crippen LogP contribution in [-0.2, 0) is 9.53 Å². The number of benzene rings is 1. The number of aryl methyl sites for hydroxylation is 2. The topological polar surface area (TPSA) is 94.3 Å². The van der Waals surface area contributed by atoms with Gasteiger partial charge in [-0.05, 0) is 20.8 Å². The zero-order valence-corrected chi connectivity index (χ0v) is 15.3. The van der Waals surface area contributed by atoms with Crippen LogP contribution in [0.4, 0.5) is 5.82 Å². The average molecular weight is 371 g/mol. The molecule has 1 N–H and O–H groups in total. The number of esters is 1. The van der Waals surface area contributed by atoms with Gasteiger partial charge >= 0.3 is 5.97 Å². The molecule has 1 atom stereocenters. The number of anilines is 1. The maximum atomic E-state index is 12.2. The van der Waals surface area contributed by atoms with Crippen molar-refractivity contribution in [1.82, 2.24) is 10.1 Å². The average Bonchev–Trinajstić information content (AvgIpc) is 3.25. The Hall–Kier alpha value is -3.00. The molecule has 3 aromatic rings. The highest BCUT2D eigenvalue weighted by Gasteiger charge is 2.22. The third kappa shape index (κ3) is 4.15. The molecule has 0 saturated heterocycles. The lowest BCUT2D eigenvalue weighted by Crippen LogP contribution is -2.30. The molecule has 3 rings (SSSR count). The molecule has 1 aromatic carbocycles. The van der Waals surface area contributed by atoms with Crippen LogP contribution in [0, 0.1) is 13.8 Å². The Kier molecular flexibility index (Phi) is 5.13. The van der Waals surface area contributed by atoms with E-state index in [0.717, 1.165) is 11.1 Å². The van der Waals surface area contributed by atoms with Gasteiger partial charge in [-0.3, -0.25) is 4.79 Å². The molecule has 2 heterocycles. The van der Waals surface area contributed by atoms with Crippen molar-refractivity contribution in [2.45, 2.75) is 26.9 Å². The largest absolute Gasteiger partial charge is 0.448 e. The Balaban J connectivity index is 1.62. The first kappa shape index (κ1) is 17.8. The Morgan fingerprint density at radius 2 is 1.96 bits per heavy atom. The summed E-state index contributed by atoms with van der Waals surface area (Å²) in [6.45, 7) is 5.19. The number of hydrogen-bond donors (Lipinski definition) is 1. The number of thiazole rings is 1. The van der Waals surface area contributed by atoms with Crippen LogP contribution in [0.3, 0.4) is 0 Å². The minimum absolute atomic E-state index is 0.169. The van der Waals surface area contributed by atoms with Gasteiger partial charge in [-0.2, -0.15) is 0 Å². The number of nitrogens with zero attached hydrogens (tertiary/aromatic N) is 2. The molecule has 8 heteroatoms. The molecule has 134 valence electrons. The van der Waals surface area contributed by atoms with Gasteiger partial charge in [0.1, 0.15) is 10.8 Å². The van der Waals surface area contributed by atoms with E-state index in [2.05, 4.69) is 15.5 Å². The summed E-state index contributed by atoms with van der Waals surface area (Å²) in [6.07, 6.45) is -0.996. The first-order valence-corrected chi connectivity index (χ1v) is 8.78. The minimum Gasteiger partial charge on any atom is -0.448 e. The highest BCUT2D eigenvalue weighted by molar-refractivity contribution is 7.13. The number of ether oxygens (including phenoxy) is 1. The van der Waals surface area contributed by atoms with E-state index in [0.29, 0.717) is 10.8 Å². The number of nitrogens with one attached hydrogen (secondary N) is 1. The molecule has 0 spiro atoms. The van der Waals surface area contributed by atoms with Gasteiger partial charge in [0.05, 0.1) is 0 Å². The molecule has 0 radical (unpaired) electrons. The van der Waals surface area contributed by atoms with Gasteiger partial charge in [-0.25, -0.2) is 9.78 Å². The van der Waals surface area contributed by atoms with E-state index in [-0.39, 0.29) is 11.5 Å². The Morgan fingerprint density at radius 3 is 2.62 bits per heavy atom. The molecule has 0 saturated carbocycles. The molecule has 2 aromatic heterocycles. The van der Waals surface area contributed by atoms with Crippen molar-refractivity contribution in [1.29, 1.82) is 0 Å². The van der Waals surface area contributed by atoms with E-state index in [1.807, 2.05) is 31.2 Å². The Bertz CT molecular complexity index is 930. The molecular formula is C18H17N3O4S. The lowest BCUT2D eigenvalue weighted by molar-refractivity contribution is -0.123. The molecule has 0 unspecified atom stereocenters. The standard InChI is InChI=1S/C18H17N3O4S/c1-10-4-6-13(7-5-10)17-19-14(9-26-17)18(23)24-12(3)16(22)20-15-8-11(2)25-21-15/h4-9,12H,1-3H3,(H,20,21,22)/t12-/m0/s1. The van der Waals surface area contributed by atoms with Crippen molar-refractivity contribution in [2.75, 3.05) is 5.32 Å². The fourth-order valence-electron chi connectivity index (χ4n) is 2.12. The van der Waals surface area contributed by atoms with Crippen molar-refractivity contribution in [3.05, 3.63) is 52.7 Å². The van der Waals surface area contributed by atoms with Crippen molar-refractivity contribution in [2.24, 2.45) is 0 Å². The number of carbonyl (C=O) groups is 2. The first-order chi connectivity index (χ1) is 12.4. The highest BCUT2D eigenvalue weighted by Crippen LogP contribution is 2.24. The molecule has 26 heavy (non-hydrogen) atoms. The summed E-state index contributed by atoms with van der Waals surface area (Å²) in [5.41, 5.74) is 2.24. The second-order valence-electron chi connectivity index (χ2n) is 5.76. The van der Waals surface area contributed by atoms with E-state index >= 15 is 0 Å². The van der Waals surface area contributed by atoms with Crippen molar-refractivity contribution in [3.63, 3.8) is 0 Å². The van der Waals surface area contributed by atoms with Gasteiger partial charge in [0.25, 0.3) is 5.91 Å². The quantitative estimate of drug-likeness (QED) is 0.689. The smallest absolute Gasteiger partial charge is 0.358 e. The van der Waals surface area contributed by atoms with Crippen molar-refractivity contribution in [3.8, 4) is 10.6 Å². The van der Waals surface area contributed by atoms with E-state index in [9.17, 15) is 9.59 Å². The lowest BCUT2D eigenvalue weighted by Gasteiger charge is -2.11. The monoisotopic (exact) mass is 371 g/mol. The van der Waals surface area contributed by atoms with E-state index in [1.54, 1.807) is 18.4 Å². The lowest BCUT2D eigenvalue weighted by atomic mass is 10.2.